The second kappa shape index (κ2) is 11.2. The highest BCUT2D eigenvalue weighted by Crippen LogP contribution is 2.32. The van der Waals surface area contributed by atoms with Crippen LogP contribution in [0.5, 0.6) is 0 Å². The molecule has 5 rings (SSSR count). The molecule has 3 fully saturated rings. The number of nitrogens with one attached hydrogen (secondary N) is 2. The summed E-state index contributed by atoms with van der Waals surface area (Å²) in [4.78, 5) is 38.2. The Hall–Kier alpha value is -2.36. The third-order valence-corrected chi connectivity index (χ3v) is 8.18. The summed E-state index contributed by atoms with van der Waals surface area (Å²) in [6.45, 7) is 4.85. The summed E-state index contributed by atoms with van der Waals surface area (Å²) >= 11 is 0. The molecule has 0 aromatic heterocycles. The number of piperidine rings is 1. The van der Waals surface area contributed by atoms with Crippen LogP contribution in [-0.4, -0.2) is 65.7 Å². The quantitative estimate of drug-likeness (QED) is 0.542. The number of hydrogen-bond donors (Lipinski definition) is 2. The van der Waals surface area contributed by atoms with Crippen molar-refractivity contribution in [2.75, 3.05) is 6.61 Å². The van der Waals surface area contributed by atoms with Crippen LogP contribution in [-0.2, 0) is 32.0 Å². The largest absolute Gasteiger partial charge is 0.376 e. The van der Waals surface area contributed by atoms with Crippen molar-refractivity contribution in [3.05, 3.63) is 34.6 Å². The van der Waals surface area contributed by atoms with Gasteiger partial charge in [0, 0.05) is 42.7 Å². The summed E-state index contributed by atoms with van der Waals surface area (Å²) in [7, 11) is 0. The van der Waals surface area contributed by atoms with Crippen molar-refractivity contribution in [1.82, 2.24) is 15.5 Å². The molecule has 3 atom stereocenters. The number of amides is 3. The summed E-state index contributed by atoms with van der Waals surface area (Å²) in [5, 5.41) is 6.09. The SMILES string of the molecule is CC(C)O[C@H]1CC[C@H](N[C@H]2CCCO[C@@H]2Cc2ccc3c(c2F)CN(C2CCC(=O)NC2=O)C3=O)CC1. The number of rotatable bonds is 7. The summed E-state index contributed by atoms with van der Waals surface area (Å²) in [5.74, 6) is -1.58. The van der Waals surface area contributed by atoms with E-state index >= 15 is 4.39 Å². The first-order chi connectivity index (χ1) is 17.8. The van der Waals surface area contributed by atoms with Crippen LogP contribution >= 0.6 is 0 Å². The van der Waals surface area contributed by atoms with Crippen LogP contribution in [0.15, 0.2) is 12.1 Å². The van der Waals surface area contributed by atoms with Crippen molar-refractivity contribution in [2.24, 2.45) is 0 Å². The molecule has 4 aliphatic rings. The molecule has 8 nitrogen and oxygen atoms in total. The average Bonchev–Trinajstić information content (AvgIpc) is 3.20. The number of benzene rings is 1. The third kappa shape index (κ3) is 5.73. The van der Waals surface area contributed by atoms with E-state index in [0.717, 1.165) is 38.5 Å². The zero-order valence-corrected chi connectivity index (χ0v) is 21.8. The Morgan fingerprint density at radius 3 is 2.65 bits per heavy atom. The Kier molecular flexibility index (Phi) is 7.93. The van der Waals surface area contributed by atoms with Crippen LogP contribution in [0.2, 0.25) is 0 Å². The van der Waals surface area contributed by atoms with Gasteiger partial charge in [-0.05, 0) is 70.4 Å². The van der Waals surface area contributed by atoms with Crippen LogP contribution in [0.4, 0.5) is 4.39 Å². The zero-order valence-electron chi connectivity index (χ0n) is 21.8. The molecule has 0 bridgehead atoms. The van der Waals surface area contributed by atoms with E-state index in [1.54, 1.807) is 12.1 Å². The number of carbonyl (C=O) groups is 3. The lowest BCUT2D eigenvalue weighted by molar-refractivity contribution is -0.136. The second-order valence-corrected chi connectivity index (χ2v) is 11.2. The van der Waals surface area contributed by atoms with Gasteiger partial charge in [-0.25, -0.2) is 4.39 Å². The fourth-order valence-corrected chi connectivity index (χ4v) is 6.31. The Labute approximate surface area is 217 Å². The van der Waals surface area contributed by atoms with Gasteiger partial charge < -0.3 is 19.7 Å². The number of nitrogens with zero attached hydrogens (tertiary/aromatic N) is 1. The Balaban J connectivity index is 1.23. The molecule has 1 unspecified atom stereocenters. The summed E-state index contributed by atoms with van der Waals surface area (Å²) in [6, 6.07) is 3.16. The number of ether oxygens (including phenoxy) is 2. The molecule has 0 spiro atoms. The molecule has 1 aromatic rings. The van der Waals surface area contributed by atoms with E-state index < -0.39 is 11.9 Å². The number of imide groups is 1. The molecule has 1 saturated carbocycles. The van der Waals surface area contributed by atoms with Gasteiger partial charge in [0.1, 0.15) is 11.9 Å². The molecule has 9 heteroatoms. The van der Waals surface area contributed by atoms with Gasteiger partial charge in [0.15, 0.2) is 0 Å². The summed E-state index contributed by atoms with van der Waals surface area (Å²) in [5.41, 5.74) is 1.16. The normalized spacial score (nSPS) is 30.5. The van der Waals surface area contributed by atoms with Crippen molar-refractivity contribution in [3.8, 4) is 0 Å². The molecule has 202 valence electrons. The molecule has 37 heavy (non-hydrogen) atoms. The van der Waals surface area contributed by atoms with E-state index in [4.69, 9.17) is 9.47 Å². The smallest absolute Gasteiger partial charge is 0.255 e. The maximum Gasteiger partial charge on any atom is 0.255 e. The van der Waals surface area contributed by atoms with Gasteiger partial charge in [-0.15, -0.1) is 0 Å². The van der Waals surface area contributed by atoms with Crippen molar-refractivity contribution in [2.45, 2.75) is 115 Å². The lowest BCUT2D eigenvalue weighted by Gasteiger charge is -2.38. The van der Waals surface area contributed by atoms with Crippen LogP contribution < -0.4 is 10.6 Å². The van der Waals surface area contributed by atoms with Crippen molar-refractivity contribution in [1.29, 1.82) is 0 Å². The molecule has 3 amide bonds. The van der Waals surface area contributed by atoms with E-state index in [1.807, 2.05) is 0 Å². The highest BCUT2D eigenvalue weighted by atomic mass is 19.1. The molecule has 3 aliphatic heterocycles. The summed E-state index contributed by atoms with van der Waals surface area (Å²) < 4.78 is 27.8. The highest BCUT2D eigenvalue weighted by Gasteiger charge is 2.41. The van der Waals surface area contributed by atoms with Gasteiger partial charge in [0.25, 0.3) is 5.91 Å². The fourth-order valence-electron chi connectivity index (χ4n) is 6.31. The molecule has 2 saturated heterocycles. The first kappa shape index (κ1) is 26.3. The number of hydrogen-bond acceptors (Lipinski definition) is 6. The van der Waals surface area contributed by atoms with Crippen LogP contribution in [0.3, 0.4) is 0 Å². The predicted octanol–water partition coefficient (Wildman–Crippen LogP) is 3.00. The molecule has 0 radical (unpaired) electrons. The number of fused-ring (bicyclic) bond motifs is 1. The lowest BCUT2D eigenvalue weighted by Crippen LogP contribution is -2.52. The first-order valence-electron chi connectivity index (χ1n) is 13.8. The lowest BCUT2D eigenvalue weighted by atomic mass is 9.89. The van der Waals surface area contributed by atoms with Crippen LogP contribution in [0, 0.1) is 5.82 Å². The third-order valence-electron chi connectivity index (χ3n) is 8.18. The minimum atomic E-state index is -0.753. The molecule has 3 heterocycles. The summed E-state index contributed by atoms with van der Waals surface area (Å²) in [6.07, 6.45) is 7.47. The standard InChI is InChI=1S/C28H38FN3O5/c1-16(2)37-19-8-6-18(7-9-19)30-22-4-3-13-36-24(22)14-17-5-10-20-21(26(17)29)15-32(28(20)35)23-11-12-25(33)31-27(23)34/h5,10,16,18-19,22-24,30H,3-4,6-9,11-15H2,1-2H3,(H,31,33,34)/t18-,19-,22-,23?,24+/m0/s1. The maximum atomic E-state index is 15.7. The highest BCUT2D eigenvalue weighted by molar-refractivity contribution is 6.05. The van der Waals surface area contributed by atoms with Gasteiger partial charge >= 0.3 is 0 Å². The van der Waals surface area contributed by atoms with Crippen molar-refractivity contribution >= 4 is 17.7 Å². The topological polar surface area (TPSA) is 97.0 Å². The van der Waals surface area contributed by atoms with Gasteiger partial charge in [0.2, 0.25) is 11.8 Å². The van der Waals surface area contributed by atoms with Gasteiger partial charge in [-0.2, -0.15) is 0 Å². The van der Waals surface area contributed by atoms with Crippen molar-refractivity contribution < 1.29 is 28.2 Å². The second-order valence-electron chi connectivity index (χ2n) is 11.2. The minimum absolute atomic E-state index is 0.0367. The van der Waals surface area contributed by atoms with Gasteiger partial charge in [0.05, 0.1) is 24.9 Å². The maximum absolute atomic E-state index is 15.7. The van der Waals surface area contributed by atoms with Gasteiger partial charge in [-0.3, -0.25) is 19.7 Å². The monoisotopic (exact) mass is 515 g/mol. The molecule has 2 N–H and O–H groups in total. The molecule has 1 aromatic carbocycles. The zero-order chi connectivity index (χ0) is 26.1. The van der Waals surface area contributed by atoms with E-state index in [9.17, 15) is 14.4 Å². The predicted molar refractivity (Wildman–Crippen MR) is 134 cm³/mol. The van der Waals surface area contributed by atoms with Gasteiger partial charge in [-0.1, -0.05) is 6.07 Å². The minimum Gasteiger partial charge on any atom is -0.376 e. The Bertz CT molecular complexity index is 1040. The Morgan fingerprint density at radius 1 is 1.14 bits per heavy atom. The Morgan fingerprint density at radius 2 is 1.92 bits per heavy atom. The fraction of sp³-hybridized carbons (Fsp3) is 0.679. The van der Waals surface area contributed by atoms with E-state index in [-0.39, 0.29) is 55.3 Å². The number of carbonyl (C=O) groups excluding carboxylic acids is 3. The first-order valence-corrected chi connectivity index (χ1v) is 13.8. The van der Waals surface area contributed by atoms with Crippen molar-refractivity contribution in [3.63, 3.8) is 0 Å². The van der Waals surface area contributed by atoms with Crippen LogP contribution in [0.1, 0.15) is 86.7 Å². The molecular formula is C28H38FN3O5. The number of halogens is 1. The molecular weight excluding hydrogens is 477 g/mol. The van der Waals surface area contributed by atoms with E-state index in [2.05, 4.69) is 24.5 Å². The van der Waals surface area contributed by atoms with Crippen LogP contribution in [0.25, 0.3) is 0 Å². The van der Waals surface area contributed by atoms with E-state index in [0.29, 0.717) is 41.9 Å². The van der Waals surface area contributed by atoms with E-state index in [1.165, 1.54) is 4.90 Å². The average molecular weight is 516 g/mol. The molecule has 1 aliphatic carbocycles.